The molecule has 0 unspecified atom stereocenters. The van der Waals surface area contributed by atoms with Gasteiger partial charge in [0.25, 0.3) is 11.8 Å². The third-order valence-electron chi connectivity index (χ3n) is 4.75. The molecule has 1 aromatic heterocycles. The Balaban J connectivity index is 1.60. The van der Waals surface area contributed by atoms with Crippen molar-refractivity contribution in [3.8, 4) is 0 Å². The fourth-order valence-electron chi connectivity index (χ4n) is 3.10. The van der Waals surface area contributed by atoms with Gasteiger partial charge in [0, 0.05) is 18.8 Å². The first kappa shape index (κ1) is 19.7. The fourth-order valence-corrected chi connectivity index (χ4v) is 3.10. The molecule has 1 fully saturated rings. The Labute approximate surface area is 163 Å². The van der Waals surface area contributed by atoms with Crippen LogP contribution in [0.5, 0.6) is 0 Å². The number of amides is 2. The second-order valence-electron chi connectivity index (χ2n) is 6.83. The smallest absolute Gasteiger partial charge is 0.338 e. The van der Waals surface area contributed by atoms with Crippen LogP contribution >= 0.6 is 0 Å². The first-order valence-corrected chi connectivity index (χ1v) is 9.45. The Morgan fingerprint density at radius 1 is 1.11 bits per heavy atom. The van der Waals surface area contributed by atoms with Crippen molar-refractivity contribution in [1.29, 1.82) is 0 Å². The molecule has 1 N–H and O–H groups in total. The second-order valence-corrected chi connectivity index (χ2v) is 6.83. The van der Waals surface area contributed by atoms with Crippen molar-refractivity contribution in [1.82, 2.24) is 4.90 Å². The molecule has 1 saturated heterocycles. The Bertz CT molecular complexity index is 836. The monoisotopic (exact) mass is 384 g/mol. The molecule has 28 heavy (non-hydrogen) atoms. The van der Waals surface area contributed by atoms with Gasteiger partial charge in [-0.05, 0) is 49.6 Å². The summed E-state index contributed by atoms with van der Waals surface area (Å²) in [6.45, 7) is 2.96. The minimum Gasteiger partial charge on any atom is -0.459 e. The molecule has 148 valence electrons. The zero-order valence-corrected chi connectivity index (χ0v) is 15.9. The van der Waals surface area contributed by atoms with Crippen LogP contribution in [0.25, 0.3) is 0 Å². The van der Waals surface area contributed by atoms with Crippen LogP contribution in [-0.2, 0) is 9.53 Å². The number of carbonyl (C=O) groups is 3. The molecule has 2 heterocycles. The molecule has 1 aliphatic rings. The third kappa shape index (κ3) is 5.00. The van der Waals surface area contributed by atoms with E-state index >= 15 is 0 Å². The number of likely N-dealkylation sites (tertiary alicyclic amines) is 1. The number of furan rings is 1. The molecule has 0 atom stereocenters. The molecule has 0 radical (unpaired) electrons. The predicted octanol–water partition coefficient (Wildman–Crippen LogP) is 3.40. The maximum Gasteiger partial charge on any atom is 0.338 e. The Kier molecular flexibility index (Phi) is 6.47. The summed E-state index contributed by atoms with van der Waals surface area (Å²) in [6, 6.07) is 8.03. The maximum absolute atomic E-state index is 12.4. The van der Waals surface area contributed by atoms with Gasteiger partial charge in [-0.2, -0.15) is 0 Å². The number of nitrogens with one attached hydrogen (secondary N) is 1. The summed E-state index contributed by atoms with van der Waals surface area (Å²) in [5, 5.41) is 2.72. The quantitative estimate of drug-likeness (QED) is 0.798. The van der Waals surface area contributed by atoms with E-state index in [0.717, 1.165) is 31.2 Å². The number of hydrogen-bond acceptors (Lipinski definition) is 5. The molecular weight excluding hydrogens is 360 g/mol. The van der Waals surface area contributed by atoms with Crippen LogP contribution in [0.2, 0.25) is 0 Å². The first-order valence-electron chi connectivity index (χ1n) is 9.45. The van der Waals surface area contributed by atoms with Crippen molar-refractivity contribution in [2.75, 3.05) is 25.0 Å². The number of carbonyl (C=O) groups excluding carboxylic acids is 3. The summed E-state index contributed by atoms with van der Waals surface area (Å²) in [6.07, 6.45) is 5.63. The molecule has 0 bridgehead atoms. The van der Waals surface area contributed by atoms with Crippen molar-refractivity contribution in [2.24, 2.45) is 0 Å². The van der Waals surface area contributed by atoms with Gasteiger partial charge in [0.2, 0.25) is 0 Å². The van der Waals surface area contributed by atoms with E-state index in [1.54, 1.807) is 29.2 Å². The normalized spacial score (nSPS) is 14.2. The minimum atomic E-state index is -0.600. The Morgan fingerprint density at radius 3 is 2.54 bits per heavy atom. The predicted molar refractivity (Wildman–Crippen MR) is 103 cm³/mol. The van der Waals surface area contributed by atoms with Crippen LogP contribution in [0.15, 0.2) is 41.0 Å². The third-order valence-corrected chi connectivity index (χ3v) is 4.75. The lowest BCUT2D eigenvalue weighted by molar-refractivity contribution is -0.134. The van der Waals surface area contributed by atoms with Gasteiger partial charge in [0.15, 0.2) is 12.4 Å². The summed E-state index contributed by atoms with van der Waals surface area (Å²) in [5.41, 5.74) is 1.54. The molecular formula is C21H24N2O5. The average molecular weight is 384 g/mol. The highest BCUT2D eigenvalue weighted by molar-refractivity contribution is 6.03. The summed E-state index contributed by atoms with van der Waals surface area (Å²) >= 11 is 0. The molecule has 2 amide bonds. The van der Waals surface area contributed by atoms with E-state index in [2.05, 4.69) is 5.32 Å². The van der Waals surface area contributed by atoms with E-state index < -0.39 is 11.9 Å². The van der Waals surface area contributed by atoms with Gasteiger partial charge in [-0.25, -0.2) is 4.79 Å². The van der Waals surface area contributed by atoms with Crippen molar-refractivity contribution >= 4 is 23.5 Å². The number of ether oxygens (including phenoxy) is 1. The molecule has 1 aromatic carbocycles. The second kappa shape index (κ2) is 9.21. The Hall–Kier alpha value is -3.09. The van der Waals surface area contributed by atoms with E-state index in [1.807, 2.05) is 6.92 Å². The zero-order chi connectivity index (χ0) is 19.9. The number of aryl methyl sites for hydroxylation is 1. The first-order chi connectivity index (χ1) is 13.5. The highest BCUT2D eigenvalue weighted by Gasteiger charge is 2.18. The van der Waals surface area contributed by atoms with Gasteiger partial charge >= 0.3 is 5.97 Å². The number of benzene rings is 1. The van der Waals surface area contributed by atoms with Crippen molar-refractivity contribution in [2.45, 2.75) is 32.6 Å². The van der Waals surface area contributed by atoms with Gasteiger partial charge in [-0.1, -0.05) is 18.9 Å². The topological polar surface area (TPSA) is 88.9 Å². The molecule has 1 aliphatic heterocycles. The molecule has 0 aliphatic carbocycles. The molecule has 0 spiro atoms. The van der Waals surface area contributed by atoms with Crippen molar-refractivity contribution in [3.63, 3.8) is 0 Å². The molecule has 3 rings (SSSR count). The Morgan fingerprint density at radius 2 is 1.86 bits per heavy atom. The number of rotatable bonds is 5. The summed E-state index contributed by atoms with van der Waals surface area (Å²) in [7, 11) is 0. The lowest BCUT2D eigenvalue weighted by Gasteiger charge is -2.20. The summed E-state index contributed by atoms with van der Waals surface area (Å²) < 4.78 is 10.3. The summed E-state index contributed by atoms with van der Waals surface area (Å²) in [4.78, 5) is 38.5. The maximum atomic E-state index is 12.4. The lowest BCUT2D eigenvalue weighted by Crippen LogP contribution is -2.35. The van der Waals surface area contributed by atoms with Crippen LogP contribution < -0.4 is 5.32 Å². The fraction of sp³-hybridized carbons (Fsp3) is 0.381. The van der Waals surface area contributed by atoms with E-state index in [0.29, 0.717) is 18.8 Å². The number of anilines is 1. The number of nitrogens with zero attached hydrogens (tertiary/aromatic N) is 1. The molecule has 7 nitrogen and oxygen atoms in total. The molecule has 7 heteroatoms. The van der Waals surface area contributed by atoms with E-state index in [-0.39, 0.29) is 23.8 Å². The van der Waals surface area contributed by atoms with E-state index in [4.69, 9.17) is 9.15 Å². The SMILES string of the molecule is Cc1ccc(C(=O)OCC(=O)N2CCCCCC2)cc1NC(=O)c1ccco1. The van der Waals surface area contributed by atoms with E-state index in [9.17, 15) is 14.4 Å². The molecule has 0 saturated carbocycles. The van der Waals surface area contributed by atoms with Crippen molar-refractivity contribution in [3.05, 3.63) is 53.5 Å². The van der Waals surface area contributed by atoms with Crippen LogP contribution in [0.4, 0.5) is 5.69 Å². The zero-order valence-electron chi connectivity index (χ0n) is 15.9. The average Bonchev–Trinajstić information content (AvgIpc) is 3.10. The van der Waals surface area contributed by atoms with Crippen LogP contribution in [0.3, 0.4) is 0 Å². The largest absolute Gasteiger partial charge is 0.459 e. The van der Waals surface area contributed by atoms with Gasteiger partial charge in [0.1, 0.15) is 0 Å². The van der Waals surface area contributed by atoms with Crippen LogP contribution in [-0.4, -0.2) is 42.4 Å². The highest BCUT2D eigenvalue weighted by atomic mass is 16.5. The highest BCUT2D eigenvalue weighted by Crippen LogP contribution is 2.19. The van der Waals surface area contributed by atoms with Crippen LogP contribution in [0.1, 0.15) is 52.2 Å². The van der Waals surface area contributed by atoms with Gasteiger partial charge in [-0.15, -0.1) is 0 Å². The molecule has 2 aromatic rings. The number of esters is 1. The summed E-state index contributed by atoms with van der Waals surface area (Å²) in [5.74, 6) is -1.00. The van der Waals surface area contributed by atoms with Gasteiger partial charge in [-0.3, -0.25) is 9.59 Å². The standard InChI is InChI=1S/C21H24N2O5/c1-15-8-9-16(13-17(15)22-20(25)18-7-6-12-27-18)21(26)28-14-19(24)23-10-4-2-3-5-11-23/h6-9,12-13H,2-5,10-11,14H2,1H3,(H,22,25). The van der Waals surface area contributed by atoms with Crippen LogP contribution in [0, 0.1) is 6.92 Å². The number of hydrogen-bond donors (Lipinski definition) is 1. The minimum absolute atomic E-state index is 0.172. The lowest BCUT2D eigenvalue weighted by atomic mass is 10.1. The van der Waals surface area contributed by atoms with Gasteiger partial charge in [0.05, 0.1) is 11.8 Å². The van der Waals surface area contributed by atoms with Gasteiger partial charge < -0.3 is 19.4 Å². The van der Waals surface area contributed by atoms with E-state index in [1.165, 1.54) is 12.3 Å². The van der Waals surface area contributed by atoms with Crippen molar-refractivity contribution < 1.29 is 23.5 Å².